The Morgan fingerprint density at radius 2 is 1.67 bits per heavy atom. The number of amides is 1. The van der Waals surface area contributed by atoms with Gasteiger partial charge in [0.15, 0.2) is 0 Å². The molecule has 0 saturated carbocycles. The van der Waals surface area contributed by atoms with Crippen LogP contribution in [0.3, 0.4) is 0 Å². The van der Waals surface area contributed by atoms with Gasteiger partial charge in [-0.1, -0.05) is 0 Å². The highest BCUT2D eigenvalue weighted by atomic mass is 19.4. The molecule has 7 heteroatoms. The molecule has 108 valence electrons. The Kier molecular flexibility index (Phi) is 5.19. The van der Waals surface area contributed by atoms with Crippen molar-refractivity contribution in [3.63, 3.8) is 0 Å². The number of aliphatic hydroxyl groups is 1. The van der Waals surface area contributed by atoms with Crippen molar-refractivity contribution < 1.29 is 23.1 Å². The lowest BCUT2D eigenvalue weighted by atomic mass is 9.74. The Balaban J connectivity index is 5.09. The van der Waals surface area contributed by atoms with Gasteiger partial charge in [-0.05, 0) is 27.7 Å². The fourth-order valence-corrected chi connectivity index (χ4v) is 1.26. The number of aliphatic hydroxyl groups excluding tert-OH is 1. The lowest BCUT2D eigenvalue weighted by Gasteiger charge is -2.40. The minimum Gasteiger partial charge on any atom is -0.395 e. The van der Waals surface area contributed by atoms with Crippen molar-refractivity contribution in [1.82, 2.24) is 4.90 Å². The summed E-state index contributed by atoms with van der Waals surface area (Å²) in [6, 6.07) is 0. The number of carbonyl (C=O) groups excluding carboxylic acids is 1. The van der Waals surface area contributed by atoms with Gasteiger partial charge in [0.05, 0.1) is 12.0 Å². The number of nitrogens with zero attached hydrogens (tertiary/aromatic N) is 1. The Hall–Kier alpha value is -0.820. The van der Waals surface area contributed by atoms with Crippen LogP contribution in [0, 0.1) is 5.41 Å². The Morgan fingerprint density at radius 1 is 1.22 bits per heavy atom. The van der Waals surface area contributed by atoms with Crippen LogP contribution in [0.5, 0.6) is 0 Å². The van der Waals surface area contributed by atoms with Gasteiger partial charge in [0, 0.05) is 12.1 Å². The highest BCUT2D eigenvalue weighted by molar-refractivity contribution is 5.83. The number of hydrogen-bond donors (Lipinski definition) is 2. The number of halogens is 3. The maximum absolute atomic E-state index is 12.4. The van der Waals surface area contributed by atoms with E-state index < -0.39 is 36.2 Å². The van der Waals surface area contributed by atoms with Crippen molar-refractivity contribution >= 4 is 5.91 Å². The summed E-state index contributed by atoms with van der Waals surface area (Å²) >= 11 is 0. The highest BCUT2D eigenvalue weighted by Gasteiger charge is 2.45. The number of hydrogen-bond acceptors (Lipinski definition) is 3. The summed E-state index contributed by atoms with van der Waals surface area (Å²) in [5, 5.41) is 8.76. The van der Waals surface area contributed by atoms with E-state index in [1.54, 1.807) is 13.8 Å². The number of alkyl halides is 3. The van der Waals surface area contributed by atoms with E-state index in [2.05, 4.69) is 0 Å². The molecule has 0 fully saturated rings. The average Bonchev–Trinajstić information content (AvgIpc) is 2.12. The maximum atomic E-state index is 12.4. The second-order valence-corrected chi connectivity index (χ2v) is 5.41. The molecule has 0 radical (unpaired) electrons. The van der Waals surface area contributed by atoms with Crippen LogP contribution in [0.4, 0.5) is 13.2 Å². The first-order chi connectivity index (χ1) is 7.83. The van der Waals surface area contributed by atoms with Crippen molar-refractivity contribution in [2.75, 3.05) is 19.7 Å². The molecule has 0 heterocycles. The molecular formula is C11H21F3N2O2. The van der Waals surface area contributed by atoms with E-state index in [4.69, 9.17) is 10.8 Å². The lowest BCUT2D eigenvalue weighted by Crippen LogP contribution is -2.58. The van der Waals surface area contributed by atoms with Crippen molar-refractivity contribution in [3.8, 4) is 0 Å². The first-order valence-corrected chi connectivity index (χ1v) is 5.59. The standard InChI is InChI=1S/C11H21F3N2O2/c1-9(2,10(3,4)15)8(18)16(5-6-17)7-11(12,13)14/h17H,5-7,15H2,1-4H3. The molecule has 0 aliphatic heterocycles. The first kappa shape index (κ1) is 17.2. The fourth-order valence-electron chi connectivity index (χ4n) is 1.26. The van der Waals surface area contributed by atoms with Crippen molar-refractivity contribution in [3.05, 3.63) is 0 Å². The molecule has 0 spiro atoms. The van der Waals surface area contributed by atoms with E-state index in [-0.39, 0.29) is 6.54 Å². The Labute approximate surface area is 105 Å². The molecule has 18 heavy (non-hydrogen) atoms. The molecule has 1 amide bonds. The molecule has 4 nitrogen and oxygen atoms in total. The molecule has 3 N–H and O–H groups in total. The predicted octanol–water partition coefficient (Wildman–Crippen LogP) is 1.13. The third kappa shape index (κ3) is 4.45. The minimum atomic E-state index is -4.50. The molecule has 0 aromatic carbocycles. The van der Waals surface area contributed by atoms with E-state index in [1.807, 2.05) is 0 Å². The summed E-state index contributed by atoms with van der Waals surface area (Å²) in [5.41, 5.74) is 3.69. The van der Waals surface area contributed by atoms with E-state index in [0.29, 0.717) is 4.90 Å². The molecule has 0 aliphatic carbocycles. The molecule has 0 bridgehead atoms. The van der Waals surface area contributed by atoms with Gasteiger partial charge in [-0.25, -0.2) is 0 Å². The molecule has 0 unspecified atom stereocenters. The number of rotatable bonds is 5. The largest absolute Gasteiger partial charge is 0.406 e. The summed E-state index contributed by atoms with van der Waals surface area (Å²) in [6.45, 7) is 3.88. The summed E-state index contributed by atoms with van der Waals surface area (Å²) < 4.78 is 37.1. The zero-order chi connectivity index (χ0) is 14.8. The molecule has 0 aromatic rings. The van der Waals surface area contributed by atoms with Gasteiger partial charge >= 0.3 is 6.18 Å². The lowest BCUT2D eigenvalue weighted by molar-refractivity contribution is -0.169. The van der Waals surface area contributed by atoms with Crippen LogP contribution in [0.15, 0.2) is 0 Å². The van der Waals surface area contributed by atoms with Crippen LogP contribution in [0.1, 0.15) is 27.7 Å². The summed E-state index contributed by atoms with van der Waals surface area (Å²) in [6.07, 6.45) is -4.50. The third-order valence-corrected chi connectivity index (χ3v) is 3.17. The molecule has 0 atom stereocenters. The minimum absolute atomic E-state index is 0.363. The zero-order valence-corrected chi connectivity index (χ0v) is 11.1. The fraction of sp³-hybridized carbons (Fsp3) is 0.909. The maximum Gasteiger partial charge on any atom is 0.406 e. The Morgan fingerprint density at radius 3 is 1.94 bits per heavy atom. The van der Waals surface area contributed by atoms with Gasteiger partial charge in [-0.2, -0.15) is 13.2 Å². The van der Waals surface area contributed by atoms with Crippen molar-refractivity contribution in [2.24, 2.45) is 11.1 Å². The Bertz CT molecular complexity index is 296. The van der Waals surface area contributed by atoms with Crippen LogP contribution in [-0.2, 0) is 4.79 Å². The van der Waals surface area contributed by atoms with Gasteiger partial charge in [-0.3, -0.25) is 4.79 Å². The zero-order valence-electron chi connectivity index (χ0n) is 11.1. The quantitative estimate of drug-likeness (QED) is 0.787. The summed E-state index contributed by atoms with van der Waals surface area (Å²) in [5.74, 6) is -0.721. The monoisotopic (exact) mass is 270 g/mol. The van der Waals surface area contributed by atoms with E-state index >= 15 is 0 Å². The van der Waals surface area contributed by atoms with Gasteiger partial charge in [0.2, 0.25) is 5.91 Å². The van der Waals surface area contributed by atoms with Gasteiger partial charge in [0.1, 0.15) is 6.54 Å². The van der Waals surface area contributed by atoms with Crippen LogP contribution in [-0.4, -0.2) is 47.3 Å². The highest BCUT2D eigenvalue weighted by Crippen LogP contribution is 2.31. The van der Waals surface area contributed by atoms with Crippen molar-refractivity contribution in [1.29, 1.82) is 0 Å². The normalized spacial score (nSPS) is 13.6. The molecule has 0 aliphatic rings. The van der Waals surface area contributed by atoms with Crippen LogP contribution in [0.2, 0.25) is 0 Å². The first-order valence-electron chi connectivity index (χ1n) is 5.59. The second kappa shape index (κ2) is 5.44. The predicted molar refractivity (Wildman–Crippen MR) is 61.8 cm³/mol. The van der Waals surface area contributed by atoms with Gasteiger partial charge < -0.3 is 15.7 Å². The van der Waals surface area contributed by atoms with Gasteiger partial charge in [-0.15, -0.1) is 0 Å². The molecular weight excluding hydrogens is 249 g/mol. The number of carbonyl (C=O) groups is 1. The van der Waals surface area contributed by atoms with Crippen LogP contribution in [0.25, 0.3) is 0 Å². The topological polar surface area (TPSA) is 66.6 Å². The summed E-state index contributed by atoms with van der Waals surface area (Å²) in [7, 11) is 0. The van der Waals surface area contributed by atoms with Crippen LogP contribution >= 0.6 is 0 Å². The van der Waals surface area contributed by atoms with E-state index in [0.717, 1.165) is 0 Å². The molecule has 0 rings (SSSR count). The second-order valence-electron chi connectivity index (χ2n) is 5.41. The molecule has 0 aromatic heterocycles. The number of nitrogens with two attached hydrogens (primary N) is 1. The van der Waals surface area contributed by atoms with E-state index in [9.17, 15) is 18.0 Å². The average molecular weight is 270 g/mol. The summed E-state index contributed by atoms with van der Waals surface area (Å²) in [4.78, 5) is 12.7. The molecule has 0 saturated heterocycles. The van der Waals surface area contributed by atoms with Crippen LogP contribution < -0.4 is 5.73 Å². The van der Waals surface area contributed by atoms with Gasteiger partial charge in [0.25, 0.3) is 0 Å². The van der Waals surface area contributed by atoms with Crippen molar-refractivity contribution in [2.45, 2.75) is 39.4 Å². The smallest absolute Gasteiger partial charge is 0.395 e. The third-order valence-electron chi connectivity index (χ3n) is 3.17. The van der Waals surface area contributed by atoms with E-state index in [1.165, 1.54) is 13.8 Å². The SMILES string of the molecule is CC(C)(N)C(C)(C)C(=O)N(CCO)CC(F)(F)F.